The van der Waals surface area contributed by atoms with Gasteiger partial charge in [0.05, 0.1) is 11.1 Å². The van der Waals surface area contributed by atoms with Gasteiger partial charge in [0.2, 0.25) is 0 Å². The lowest BCUT2D eigenvalue weighted by Gasteiger charge is -2.00. The van der Waals surface area contributed by atoms with E-state index in [9.17, 15) is 14.4 Å². The molecule has 0 atom stereocenters. The average Bonchev–Trinajstić information content (AvgIpc) is 2.93. The maximum absolute atomic E-state index is 11.5. The number of amides is 2. The summed E-state index contributed by atoms with van der Waals surface area (Å²) in [4.78, 5) is 38.5. The summed E-state index contributed by atoms with van der Waals surface area (Å²) >= 11 is 0.856. The highest BCUT2D eigenvalue weighted by molar-refractivity contribution is 8.18. The van der Waals surface area contributed by atoms with Crippen molar-refractivity contribution in [3.8, 4) is 0 Å². The minimum Gasteiger partial charge on any atom is -0.296 e. The summed E-state index contributed by atoms with van der Waals surface area (Å²) in [6.45, 7) is 1.47. The van der Waals surface area contributed by atoms with Crippen molar-refractivity contribution in [2.45, 2.75) is 6.92 Å². The third-order valence-corrected chi connectivity index (χ3v) is 3.64. The molecule has 100 valence electrons. The number of pyridine rings is 1. The molecular formula is C13H9N3O3S. The molecule has 0 bridgehead atoms. The number of rotatable bonds is 2. The predicted molar refractivity (Wildman–Crippen MR) is 74.3 cm³/mol. The van der Waals surface area contributed by atoms with Crippen LogP contribution in [0.25, 0.3) is 11.7 Å². The fraction of sp³-hybridized carbons (Fsp3) is 0.0769. The van der Waals surface area contributed by atoms with Gasteiger partial charge < -0.3 is 0 Å². The van der Waals surface area contributed by atoms with Crippen LogP contribution in [-0.4, -0.2) is 26.3 Å². The molecular weight excluding hydrogens is 278 g/mol. The molecule has 7 heteroatoms. The van der Waals surface area contributed by atoms with Crippen LogP contribution in [0.3, 0.4) is 0 Å². The van der Waals surface area contributed by atoms with Crippen LogP contribution in [-0.2, 0) is 4.79 Å². The van der Waals surface area contributed by atoms with Crippen molar-refractivity contribution in [2.75, 3.05) is 0 Å². The van der Waals surface area contributed by atoms with Crippen molar-refractivity contribution in [3.63, 3.8) is 0 Å². The molecule has 3 heterocycles. The Bertz CT molecular complexity index is 791. The normalized spacial score (nSPS) is 16.9. The quantitative estimate of drug-likeness (QED) is 0.673. The van der Waals surface area contributed by atoms with E-state index in [2.05, 4.69) is 10.3 Å². The highest BCUT2D eigenvalue weighted by Crippen LogP contribution is 2.25. The number of aromatic nitrogens is 2. The Morgan fingerprint density at radius 1 is 1.40 bits per heavy atom. The largest absolute Gasteiger partial charge is 0.296 e. The Balaban J connectivity index is 2.07. The molecule has 20 heavy (non-hydrogen) atoms. The number of carbonyl (C=O) groups excluding carboxylic acids is 3. The van der Waals surface area contributed by atoms with Crippen molar-refractivity contribution in [1.82, 2.24) is 14.7 Å². The molecule has 0 saturated carbocycles. The van der Waals surface area contributed by atoms with Crippen LogP contribution >= 0.6 is 11.8 Å². The number of nitrogens with one attached hydrogen (secondary N) is 1. The Hall–Kier alpha value is -2.41. The maximum Gasteiger partial charge on any atom is 0.290 e. The molecule has 1 fully saturated rings. The van der Waals surface area contributed by atoms with E-state index in [0.717, 1.165) is 11.8 Å². The first-order valence-electron chi connectivity index (χ1n) is 5.77. The number of thioether (sulfide) groups is 1. The van der Waals surface area contributed by atoms with E-state index < -0.39 is 5.91 Å². The molecule has 2 aromatic rings. The number of nitrogens with zero attached hydrogens (tertiary/aromatic N) is 2. The van der Waals surface area contributed by atoms with Crippen molar-refractivity contribution < 1.29 is 14.4 Å². The first-order chi connectivity index (χ1) is 9.54. The van der Waals surface area contributed by atoms with Crippen molar-refractivity contribution >= 4 is 40.4 Å². The predicted octanol–water partition coefficient (Wildman–Crippen LogP) is 1.86. The van der Waals surface area contributed by atoms with Crippen molar-refractivity contribution in [1.29, 1.82) is 0 Å². The molecule has 0 radical (unpaired) electrons. The van der Waals surface area contributed by atoms with E-state index >= 15 is 0 Å². The second-order valence-corrected chi connectivity index (χ2v) is 5.26. The highest BCUT2D eigenvalue weighted by Gasteiger charge is 2.24. The Labute approximate surface area is 117 Å². The second-order valence-electron chi connectivity index (χ2n) is 4.24. The van der Waals surface area contributed by atoms with Gasteiger partial charge in [0, 0.05) is 13.1 Å². The number of imide groups is 1. The average molecular weight is 287 g/mol. The number of ketones is 1. The third-order valence-electron chi connectivity index (χ3n) is 2.83. The summed E-state index contributed by atoms with van der Waals surface area (Å²) in [5.74, 6) is -0.497. The molecule has 3 rings (SSSR count). The van der Waals surface area contributed by atoms with E-state index in [-0.39, 0.29) is 11.0 Å². The molecule has 0 aliphatic carbocycles. The summed E-state index contributed by atoms with van der Waals surface area (Å²) in [6, 6.07) is 3.52. The molecule has 0 aromatic carbocycles. The van der Waals surface area contributed by atoms with Gasteiger partial charge in [0.15, 0.2) is 5.78 Å². The minimum absolute atomic E-state index is 0.0922. The molecule has 0 spiro atoms. The monoisotopic (exact) mass is 287 g/mol. The van der Waals surface area contributed by atoms with E-state index in [1.54, 1.807) is 28.8 Å². The van der Waals surface area contributed by atoms with Gasteiger partial charge in [0.1, 0.15) is 11.3 Å². The zero-order valence-corrected chi connectivity index (χ0v) is 11.2. The van der Waals surface area contributed by atoms with Crippen LogP contribution in [0.1, 0.15) is 23.0 Å². The summed E-state index contributed by atoms with van der Waals surface area (Å²) in [5.41, 5.74) is 1.84. The zero-order valence-electron chi connectivity index (χ0n) is 10.4. The van der Waals surface area contributed by atoms with Crippen molar-refractivity contribution in [3.05, 3.63) is 40.7 Å². The van der Waals surface area contributed by atoms with Crippen LogP contribution in [0.2, 0.25) is 0 Å². The van der Waals surface area contributed by atoms with Crippen molar-refractivity contribution in [2.24, 2.45) is 0 Å². The van der Waals surface area contributed by atoms with Gasteiger partial charge in [-0.25, -0.2) is 4.98 Å². The van der Waals surface area contributed by atoms with Gasteiger partial charge in [-0.1, -0.05) is 0 Å². The topological polar surface area (TPSA) is 80.5 Å². The van der Waals surface area contributed by atoms with E-state index in [1.165, 1.54) is 13.1 Å². The number of Topliss-reactive ketones (excluding diaryl/α,β-unsaturated/α-hetero) is 1. The lowest BCUT2D eigenvalue weighted by atomic mass is 10.2. The first kappa shape index (κ1) is 12.6. The van der Waals surface area contributed by atoms with Crippen LogP contribution in [0.15, 0.2) is 29.4 Å². The van der Waals surface area contributed by atoms with E-state index in [4.69, 9.17) is 0 Å². The van der Waals surface area contributed by atoms with Crippen LogP contribution in [0.5, 0.6) is 0 Å². The molecule has 2 aromatic heterocycles. The fourth-order valence-electron chi connectivity index (χ4n) is 1.92. The van der Waals surface area contributed by atoms with E-state index in [1.807, 2.05) is 0 Å². The summed E-state index contributed by atoms with van der Waals surface area (Å²) in [7, 11) is 0. The SMILES string of the molecule is CC(=O)c1cnc2ccc(/C=C3\SC(=O)NC3=O)cn12. The van der Waals surface area contributed by atoms with Crippen LogP contribution in [0.4, 0.5) is 4.79 Å². The summed E-state index contributed by atoms with van der Waals surface area (Å²) in [5, 5.41) is 1.81. The smallest absolute Gasteiger partial charge is 0.290 e. The van der Waals surface area contributed by atoms with Gasteiger partial charge >= 0.3 is 0 Å². The van der Waals surface area contributed by atoms with Gasteiger partial charge in [-0.05, 0) is 35.5 Å². The summed E-state index contributed by atoms with van der Waals surface area (Å²) in [6.07, 6.45) is 4.83. The van der Waals surface area contributed by atoms with Gasteiger partial charge in [0.25, 0.3) is 11.1 Å². The number of hydrogen-bond acceptors (Lipinski definition) is 5. The Morgan fingerprint density at radius 2 is 2.20 bits per heavy atom. The lowest BCUT2D eigenvalue weighted by Crippen LogP contribution is -2.17. The number of imidazole rings is 1. The first-order valence-corrected chi connectivity index (χ1v) is 6.59. The molecule has 1 N–H and O–H groups in total. The maximum atomic E-state index is 11.5. The minimum atomic E-state index is -0.405. The van der Waals surface area contributed by atoms with Gasteiger partial charge in [-0.2, -0.15) is 0 Å². The third kappa shape index (κ3) is 2.12. The molecule has 1 saturated heterocycles. The Kier molecular flexibility index (Phi) is 2.90. The van der Waals surface area contributed by atoms with Gasteiger partial charge in [-0.15, -0.1) is 0 Å². The number of fused-ring (bicyclic) bond motifs is 1. The fourth-order valence-corrected chi connectivity index (χ4v) is 2.60. The van der Waals surface area contributed by atoms with Crippen LogP contribution < -0.4 is 5.32 Å². The Morgan fingerprint density at radius 3 is 2.85 bits per heavy atom. The molecule has 1 aliphatic rings. The standard InChI is InChI=1S/C13H9N3O3S/c1-7(17)9-5-14-11-3-2-8(6-16(9)11)4-10-12(18)15-13(19)20-10/h2-6H,1H3,(H,15,18,19)/b10-4-. The molecule has 0 unspecified atom stereocenters. The molecule has 6 nitrogen and oxygen atoms in total. The summed E-state index contributed by atoms with van der Waals surface area (Å²) < 4.78 is 1.66. The molecule has 2 amide bonds. The molecule has 1 aliphatic heterocycles. The highest BCUT2D eigenvalue weighted by atomic mass is 32.2. The zero-order chi connectivity index (χ0) is 14.3. The van der Waals surface area contributed by atoms with Crippen LogP contribution in [0, 0.1) is 0 Å². The number of hydrogen-bond donors (Lipinski definition) is 1. The van der Waals surface area contributed by atoms with E-state index in [0.29, 0.717) is 21.8 Å². The second kappa shape index (κ2) is 4.61. The lowest BCUT2D eigenvalue weighted by molar-refractivity contribution is -0.115. The number of carbonyl (C=O) groups is 3. The van der Waals surface area contributed by atoms with Gasteiger partial charge in [-0.3, -0.25) is 24.1 Å².